The molecule has 2 amide bonds. The minimum Gasteiger partial charge on any atom is -0.475 e. The lowest BCUT2D eigenvalue weighted by Crippen LogP contribution is -2.50. The predicted octanol–water partition coefficient (Wildman–Crippen LogP) is 0.871. The maximum atomic E-state index is 12.1. The zero-order valence-electron chi connectivity index (χ0n) is 15.7. The standard InChI is InChI=1S/C17H26N4O5/c1-11(2)16-19-12(3)7-14(20-16)26-10-13-9-21(5-6-25-13)15(22)8-18-17(23)24-4/h7,11,13H,5-6,8-10H2,1-4H3,(H,18,23). The third kappa shape index (κ3) is 5.83. The van der Waals surface area contributed by atoms with Crippen LogP contribution in [0.2, 0.25) is 0 Å². The number of rotatable bonds is 6. The van der Waals surface area contributed by atoms with Crippen molar-refractivity contribution in [3.05, 3.63) is 17.6 Å². The van der Waals surface area contributed by atoms with Crippen LogP contribution in [-0.2, 0) is 14.3 Å². The molecule has 1 aliphatic rings. The van der Waals surface area contributed by atoms with Gasteiger partial charge in [0.25, 0.3) is 0 Å². The van der Waals surface area contributed by atoms with Crippen LogP contribution in [0.3, 0.4) is 0 Å². The van der Waals surface area contributed by atoms with Crippen molar-refractivity contribution in [1.29, 1.82) is 0 Å². The molecule has 1 unspecified atom stereocenters. The second-order valence-electron chi connectivity index (χ2n) is 6.35. The molecule has 0 aliphatic carbocycles. The van der Waals surface area contributed by atoms with Gasteiger partial charge in [0.2, 0.25) is 11.8 Å². The van der Waals surface area contributed by atoms with E-state index in [2.05, 4.69) is 20.0 Å². The number of ether oxygens (including phenoxy) is 3. The van der Waals surface area contributed by atoms with Gasteiger partial charge in [0.15, 0.2) is 0 Å². The lowest BCUT2D eigenvalue weighted by atomic mass is 10.2. The van der Waals surface area contributed by atoms with Crippen LogP contribution in [0.15, 0.2) is 6.07 Å². The highest BCUT2D eigenvalue weighted by Crippen LogP contribution is 2.16. The van der Waals surface area contributed by atoms with E-state index in [0.29, 0.717) is 25.6 Å². The van der Waals surface area contributed by atoms with Gasteiger partial charge < -0.3 is 24.4 Å². The lowest BCUT2D eigenvalue weighted by Gasteiger charge is -2.32. The van der Waals surface area contributed by atoms with Crippen LogP contribution in [-0.4, -0.2) is 72.9 Å². The Kier molecular flexibility index (Phi) is 7.14. The normalized spacial score (nSPS) is 17.1. The largest absolute Gasteiger partial charge is 0.475 e. The molecule has 1 saturated heterocycles. The van der Waals surface area contributed by atoms with E-state index in [1.54, 1.807) is 11.0 Å². The average Bonchev–Trinajstić information content (AvgIpc) is 2.63. The Morgan fingerprint density at radius 3 is 2.88 bits per heavy atom. The highest BCUT2D eigenvalue weighted by atomic mass is 16.5. The van der Waals surface area contributed by atoms with Crippen molar-refractivity contribution in [1.82, 2.24) is 20.2 Å². The third-order valence-electron chi connectivity index (χ3n) is 3.84. The molecule has 9 nitrogen and oxygen atoms in total. The molecular formula is C17H26N4O5. The zero-order valence-corrected chi connectivity index (χ0v) is 15.7. The van der Waals surface area contributed by atoms with Crippen molar-refractivity contribution in [2.75, 3.05) is 40.0 Å². The first-order valence-electron chi connectivity index (χ1n) is 8.58. The quantitative estimate of drug-likeness (QED) is 0.797. The van der Waals surface area contributed by atoms with E-state index in [-0.39, 0.29) is 31.1 Å². The number of carbonyl (C=O) groups is 2. The van der Waals surface area contributed by atoms with Gasteiger partial charge in [-0.15, -0.1) is 0 Å². The highest BCUT2D eigenvalue weighted by Gasteiger charge is 2.25. The van der Waals surface area contributed by atoms with E-state index in [0.717, 1.165) is 11.5 Å². The second kappa shape index (κ2) is 9.33. The Hall–Kier alpha value is -2.42. The summed E-state index contributed by atoms with van der Waals surface area (Å²) in [6.07, 6.45) is -0.893. The number of nitrogens with zero attached hydrogens (tertiary/aromatic N) is 3. The molecule has 1 fully saturated rings. The molecule has 2 heterocycles. The molecule has 2 rings (SSSR count). The molecule has 26 heavy (non-hydrogen) atoms. The maximum Gasteiger partial charge on any atom is 0.407 e. The number of hydrogen-bond acceptors (Lipinski definition) is 7. The monoisotopic (exact) mass is 366 g/mol. The topological polar surface area (TPSA) is 103 Å². The first-order valence-corrected chi connectivity index (χ1v) is 8.58. The third-order valence-corrected chi connectivity index (χ3v) is 3.84. The van der Waals surface area contributed by atoms with Gasteiger partial charge >= 0.3 is 6.09 Å². The number of amides is 2. The van der Waals surface area contributed by atoms with E-state index >= 15 is 0 Å². The Morgan fingerprint density at radius 1 is 1.42 bits per heavy atom. The summed E-state index contributed by atoms with van der Waals surface area (Å²) in [5, 5.41) is 2.38. The number of nitrogens with one attached hydrogen (secondary N) is 1. The molecular weight excluding hydrogens is 340 g/mol. The zero-order chi connectivity index (χ0) is 19.1. The van der Waals surface area contributed by atoms with E-state index < -0.39 is 6.09 Å². The van der Waals surface area contributed by atoms with Crippen molar-refractivity contribution in [2.45, 2.75) is 32.8 Å². The summed E-state index contributed by atoms with van der Waals surface area (Å²) in [7, 11) is 1.25. The fraction of sp³-hybridized carbons (Fsp3) is 0.647. The van der Waals surface area contributed by atoms with E-state index in [1.165, 1.54) is 7.11 Å². The van der Waals surface area contributed by atoms with Gasteiger partial charge in [0.05, 0.1) is 20.3 Å². The minimum absolute atomic E-state index is 0.108. The maximum absolute atomic E-state index is 12.1. The number of aryl methyl sites for hydroxylation is 1. The van der Waals surface area contributed by atoms with Crippen LogP contribution in [0.1, 0.15) is 31.3 Å². The molecule has 0 radical (unpaired) electrons. The van der Waals surface area contributed by atoms with Crippen LogP contribution in [0, 0.1) is 6.92 Å². The van der Waals surface area contributed by atoms with Crippen molar-refractivity contribution in [2.24, 2.45) is 0 Å². The molecule has 9 heteroatoms. The van der Waals surface area contributed by atoms with E-state index in [1.807, 2.05) is 20.8 Å². The van der Waals surface area contributed by atoms with Crippen LogP contribution < -0.4 is 10.1 Å². The van der Waals surface area contributed by atoms with Crippen molar-refractivity contribution in [3.63, 3.8) is 0 Å². The van der Waals surface area contributed by atoms with Gasteiger partial charge in [-0.3, -0.25) is 4.79 Å². The van der Waals surface area contributed by atoms with Crippen molar-refractivity contribution >= 4 is 12.0 Å². The van der Waals surface area contributed by atoms with Gasteiger partial charge in [-0.1, -0.05) is 13.8 Å². The Morgan fingerprint density at radius 2 is 2.19 bits per heavy atom. The summed E-state index contributed by atoms with van der Waals surface area (Å²) in [5.41, 5.74) is 0.842. The first kappa shape index (κ1) is 19.9. The van der Waals surface area contributed by atoms with Gasteiger partial charge in [-0.2, -0.15) is 4.98 Å². The number of hydrogen-bond donors (Lipinski definition) is 1. The van der Waals surface area contributed by atoms with Crippen LogP contribution in [0.5, 0.6) is 5.88 Å². The predicted molar refractivity (Wildman–Crippen MR) is 93.1 cm³/mol. The molecule has 1 aromatic heterocycles. The summed E-state index contributed by atoms with van der Waals surface area (Å²) >= 11 is 0. The number of methoxy groups -OCH3 is 1. The fourth-order valence-corrected chi connectivity index (χ4v) is 2.45. The Labute approximate surface area is 153 Å². The molecule has 0 aromatic carbocycles. The fourth-order valence-electron chi connectivity index (χ4n) is 2.45. The SMILES string of the molecule is COC(=O)NCC(=O)N1CCOC(COc2cc(C)nc(C(C)C)n2)C1. The van der Waals surface area contributed by atoms with Gasteiger partial charge in [-0.25, -0.2) is 9.78 Å². The summed E-state index contributed by atoms with van der Waals surface area (Å²) < 4.78 is 15.9. The van der Waals surface area contributed by atoms with Crippen LogP contribution in [0.4, 0.5) is 4.79 Å². The number of alkyl carbamates (subject to hydrolysis) is 1. The summed E-state index contributed by atoms with van der Waals surface area (Å²) in [6, 6.07) is 1.78. The van der Waals surface area contributed by atoms with Gasteiger partial charge in [0, 0.05) is 24.2 Å². The lowest BCUT2D eigenvalue weighted by molar-refractivity contribution is -0.138. The van der Waals surface area contributed by atoms with E-state index in [9.17, 15) is 9.59 Å². The summed E-state index contributed by atoms with van der Waals surface area (Å²) in [5.74, 6) is 1.25. The molecule has 0 spiro atoms. The number of carbonyl (C=O) groups excluding carboxylic acids is 2. The molecule has 144 valence electrons. The molecule has 1 aliphatic heterocycles. The Bertz CT molecular complexity index is 638. The van der Waals surface area contributed by atoms with Crippen molar-refractivity contribution < 1.29 is 23.8 Å². The molecule has 1 atom stereocenters. The highest BCUT2D eigenvalue weighted by molar-refractivity contribution is 5.82. The van der Waals surface area contributed by atoms with Crippen molar-refractivity contribution in [3.8, 4) is 5.88 Å². The number of aromatic nitrogens is 2. The summed E-state index contributed by atoms with van der Waals surface area (Å²) in [6.45, 7) is 7.39. The smallest absolute Gasteiger partial charge is 0.407 e. The first-order chi connectivity index (χ1) is 12.4. The average molecular weight is 366 g/mol. The van der Waals surface area contributed by atoms with E-state index in [4.69, 9.17) is 9.47 Å². The molecule has 1 N–H and O–H groups in total. The van der Waals surface area contributed by atoms with Crippen LogP contribution >= 0.6 is 0 Å². The van der Waals surface area contributed by atoms with Crippen LogP contribution in [0.25, 0.3) is 0 Å². The Balaban J connectivity index is 1.86. The summed E-state index contributed by atoms with van der Waals surface area (Å²) in [4.78, 5) is 33.6. The molecule has 0 bridgehead atoms. The number of morpholine rings is 1. The molecule has 1 aromatic rings. The van der Waals surface area contributed by atoms with Gasteiger partial charge in [0.1, 0.15) is 25.1 Å². The second-order valence-corrected chi connectivity index (χ2v) is 6.35. The molecule has 0 saturated carbocycles. The minimum atomic E-state index is -0.633. The van der Waals surface area contributed by atoms with Gasteiger partial charge in [-0.05, 0) is 6.92 Å².